The molecule has 0 aliphatic rings. The zero-order chi connectivity index (χ0) is 15.5. The van der Waals surface area contributed by atoms with Crippen molar-refractivity contribution >= 4 is 33.3 Å². The summed E-state index contributed by atoms with van der Waals surface area (Å²) in [7, 11) is -3.91. The van der Waals surface area contributed by atoms with Gasteiger partial charge in [0.1, 0.15) is 11.6 Å². The molecular formula is C11H12ClF2NO4S. The normalized spacial score (nSPS) is 13.0. The summed E-state index contributed by atoms with van der Waals surface area (Å²) in [6.07, 6.45) is 0. The average molecular weight is 328 g/mol. The van der Waals surface area contributed by atoms with Crippen molar-refractivity contribution in [3.8, 4) is 0 Å². The fraction of sp³-hybridized carbons (Fsp3) is 0.364. The summed E-state index contributed by atoms with van der Waals surface area (Å²) >= 11 is 5.49. The van der Waals surface area contributed by atoms with Gasteiger partial charge in [0, 0.05) is 11.9 Å². The van der Waals surface area contributed by atoms with Crippen molar-refractivity contribution in [2.45, 2.75) is 6.92 Å². The molecule has 0 bridgehead atoms. The Balaban J connectivity index is 3.09. The van der Waals surface area contributed by atoms with Crippen LogP contribution < -0.4 is 4.72 Å². The summed E-state index contributed by atoms with van der Waals surface area (Å²) in [5.74, 6) is -4.77. The monoisotopic (exact) mass is 327 g/mol. The summed E-state index contributed by atoms with van der Waals surface area (Å²) < 4.78 is 51.9. The lowest BCUT2D eigenvalue weighted by atomic mass is 10.2. The number of alkyl halides is 1. The number of carbonyl (C=O) groups is 1. The van der Waals surface area contributed by atoms with Crippen molar-refractivity contribution in [3.05, 3.63) is 29.3 Å². The summed E-state index contributed by atoms with van der Waals surface area (Å²) in [6.45, 7) is 1.58. The molecule has 0 saturated carbocycles. The summed E-state index contributed by atoms with van der Waals surface area (Å²) in [6, 6.07) is 0.905. The number of carboxylic acids is 1. The molecule has 1 atom stereocenters. The molecule has 0 fully saturated rings. The SMILES string of the molecule is CC(CCl)CS(=O)(=O)Nc1cc(C(=O)O)c(F)cc1F. The lowest BCUT2D eigenvalue weighted by Gasteiger charge is -2.12. The van der Waals surface area contributed by atoms with Gasteiger partial charge in [-0.05, 0) is 12.0 Å². The molecular weight excluding hydrogens is 316 g/mol. The summed E-state index contributed by atoms with van der Waals surface area (Å²) in [4.78, 5) is 10.7. The summed E-state index contributed by atoms with van der Waals surface area (Å²) in [5.41, 5.74) is -1.44. The number of benzene rings is 1. The van der Waals surface area contributed by atoms with Crippen LogP contribution in [0.5, 0.6) is 0 Å². The van der Waals surface area contributed by atoms with E-state index in [4.69, 9.17) is 16.7 Å². The van der Waals surface area contributed by atoms with E-state index < -0.39 is 38.9 Å². The van der Waals surface area contributed by atoms with Crippen LogP contribution in [0.2, 0.25) is 0 Å². The van der Waals surface area contributed by atoms with Gasteiger partial charge >= 0.3 is 5.97 Å². The van der Waals surface area contributed by atoms with E-state index in [2.05, 4.69) is 0 Å². The lowest BCUT2D eigenvalue weighted by molar-refractivity contribution is 0.0692. The Hall–Kier alpha value is -1.41. The maximum absolute atomic E-state index is 13.5. The second kappa shape index (κ2) is 6.36. The molecule has 5 nitrogen and oxygen atoms in total. The van der Waals surface area contributed by atoms with Crippen molar-refractivity contribution in [1.82, 2.24) is 0 Å². The molecule has 1 rings (SSSR count). The van der Waals surface area contributed by atoms with Gasteiger partial charge in [-0.1, -0.05) is 6.92 Å². The number of hydrogen-bond donors (Lipinski definition) is 2. The van der Waals surface area contributed by atoms with Gasteiger partial charge in [-0.2, -0.15) is 0 Å². The molecule has 1 aromatic rings. The number of hydrogen-bond acceptors (Lipinski definition) is 3. The van der Waals surface area contributed by atoms with Crippen LogP contribution in [0.3, 0.4) is 0 Å². The van der Waals surface area contributed by atoms with Crippen LogP contribution in [-0.2, 0) is 10.0 Å². The van der Waals surface area contributed by atoms with Crippen molar-refractivity contribution in [2.75, 3.05) is 16.4 Å². The van der Waals surface area contributed by atoms with Gasteiger partial charge in [-0.25, -0.2) is 22.0 Å². The number of sulfonamides is 1. The minimum Gasteiger partial charge on any atom is -0.478 e. The smallest absolute Gasteiger partial charge is 0.338 e. The van der Waals surface area contributed by atoms with Gasteiger partial charge in [0.15, 0.2) is 0 Å². The molecule has 112 valence electrons. The maximum Gasteiger partial charge on any atom is 0.338 e. The van der Waals surface area contributed by atoms with Crippen LogP contribution in [0.1, 0.15) is 17.3 Å². The third-order valence-electron chi connectivity index (χ3n) is 2.32. The molecule has 0 spiro atoms. The highest BCUT2D eigenvalue weighted by molar-refractivity contribution is 7.92. The van der Waals surface area contributed by atoms with Gasteiger partial charge in [0.2, 0.25) is 10.0 Å². The molecule has 0 radical (unpaired) electrons. The minimum absolute atomic E-state index is 0.0905. The lowest BCUT2D eigenvalue weighted by Crippen LogP contribution is -2.23. The van der Waals surface area contributed by atoms with E-state index in [-0.39, 0.29) is 17.6 Å². The van der Waals surface area contributed by atoms with Crippen LogP contribution in [0.15, 0.2) is 12.1 Å². The third kappa shape index (κ3) is 4.31. The van der Waals surface area contributed by atoms with E-state index in [1.54, 1.807) is 6.92 Å². The number of carboxylic acid groups (broad SMARTS) is 1. The summed E-state index contributed by atoms with van der Waals surface area (Å²) in [5, 5.41) is 8.71. The molecule has 0 aliphatic carbocycles. The average Bonchev–Trinajstić information content (AvgIpc) is 2.31. The van der Waals surface area contributed by atoms with Crippen LogP contribution in [-0.4, -0.2) is 31.1 Å². The highest BCUT2D eigenvalue weighted by Crippen LogP contribution is 2.21. The highest BCUT2D eigenvalue weighted by Gasteiger charge is 2.20. The predicted molar refractivity (Wildman–Crippen MR) is 70.6 cm³/mol. The van der Waals surface area contributed by atoms with Crippen LogP contribution >= 0.6 is 11.6 Å². The number of nitrogens with one attached hydrogen (secondary N) is 1. The number of anilines is 1. The Bertz CT molecular complexity index is 621. The van der Waals surface area contributed by atoms with Crippen LogP contribution in [0.4, 0.5) is 14.5 Å². The first kappa shape index (κ1) is 16.6. The molecule has 0 amide bonds. The van der Waals surface area contributed by atoms with Gasteiger partial charge in [-0.3, -0.25) is 4.72 Å². The van der Waals surface area contributed by atoms with E-state index in [9.17, 15) is 22.0 Å². The van der Waals surface area contributed by atoms with Crippen molar-refractivity contribution < 1.29 is 27.1 Å². The molecule has 1 aromatic carbocycles. The molecule has 0 saturated heterocycles. The van der Waals surface area contributed by atoms with Gasteiger partial charge in [0.25, 0.3) is 0 Å². The number of rotatable bonds is 6. The van der Waals surface area contributed by atoms with E-state index in [1.165, 1.54) is 0 Å². The fourth-order valence-corrected chi connectivity index (χ4v) is 3.10. The second-order valence-electron chi connectivity index (χ2n) is 4.26. The topological polar surface area (TPSA) is 83.5 Å². The van der Waals surface area contributed by atoms with Gasteiger partial charge in [-0.15, -0.1) is 11.6 Å². The number of aromatic carboxylic acids is 1. The Morgan fingerprint density at radius 2 is 2.00 bits per heavy atom. The molecule has 20 heavy (non-hydrogen) atoms. The molecule has 0 heterocycles. The first-order valence-corrected chi connectivity index (χ1v) is 7.63. The van der Waals surface area contributed by atoms with Crippen molar-refractivity contribution in [1.29, 1.82) is 0 Å². The van der Waals surface area contributed by atoms with Crippen LogP contribution in [0.25, 0.3) is 0 Å². The Kier molecular flexibility index (Phi) is 5.29. The predicted octanol–water partition coefficient (Wildman–Crippen LogP) is 2.28. The van der Waals surface area contributed by atoms with Crippen molar-refractivity contribution in [3.63, 3.8) is 0 Å². The molecule has 0 aliphatic heterocycles. The second-order valence-corrected chi connectivity index (χ2v) is 6.34. The minimum atomic E-state index is -3.91. The van der Waals surface area contributed by atoms with E-state index in [0.29, 0.717) is 12.1 Å². The van der Waals surface area contributed by atoms with Gasteiger partial charge < -0.3 is 5.11 Å². The zero-order valence-electron chi connectivity index (χ0n) is 10.4. The molecule has 2 N–H and O–H groups in total. The molecule has 0 aromatic heterocycles. The molecule has 9 heteroatoms. The third-order valence-corrected chi connectivity index (χ3v) is 4.39. The Morgan fingerprint density at radius 1 is 1.40 bits per heavy atom. The van der Waals surface area contributed by atoms with E-state index >= 15 is 0 Å². The Morgan fingerprint density at radius 3 is 2.50 bits per heavy atom. The fourth-order valence-electron chi connectivity index (χ4n) is 1.42. The Labute approximate surface area is 119 Å². The number of halogens is 3. The first-order chi connectivity index (χ1) is 9.16. The van der Waals surface area contributed by atoms with E-state index in [0.717, 1.165) is 0 Å². The quantitative estimate of drug-likeness (QED) is 0.785. The van der Waals surface area contributed by atoms with Crippen molar-refractivity contribution in [2.24, 2.45) is 5.92 Å². The van der Waals surface area contributed by atoms with Gasteiger partial charge in [0.05, 0.1) is 17.0 Å². The standard InChI is InChI=1S/C11H12ClF2NO4S/c1-6(4-12)5-20(18,19)15-10-2-7(11(16)17)8(13)3-9(10)14/h2-3,6,15H,4-5H2,1H3,(H,16,17). The van der Waals surface area contributed by atoms with E-state index in [1.807, 2.05) is 4.72 Å². The zero-order valence-corrected chi connectivity index (χ0v) is 11.9. The maximum atomic E-state index is 13.5. The first-order valence-electron chi connectivity index (χ1n) is 5.45. The van der Waals surface area contributed by atoms with Crippen LogP contribution in [0, 0.1) is 17.6 Å². The molecule has 1 unspecified atom stereocenters. The highest BCUT2D eigenvalue weighted by atomic mass is 35.5. The largest absolute Gasteiger partial charge is 0.478 e.